The van der Waals surface area contributed by atoms with Crippen LogP contribution in [0.1, 0.15) is 41.0 Å². The van der Waals surface area contributed by atoms with Gasteiger partial charge in [0.2, 0.25) is 5.95 Å². The maximum Gasteiger partial charge on any atom is 0.329 e. The summed E-state index contributed by atoms with van der Waals surface area (Å²) >= 11 is 0. The molecule has 1 aliphatic heterocycles. The molecule has 7 rings (SSSR count). The largest absolute Gasteiger partial charge is 0.384 e. The van der Waals surface area contributed by atoms with E-state index in [1.54, 1.807) is 60.3 Å². The number of H-pyrrole nitrogens is 1. The maximum atomic E-state index is 15.1. The molecule has 16 heteroatoms. The summed E-state index contributed by atoms with van der Waals surface area (Å²) in [4.78, 5) is 57.6. The van der Waals surface area contributed by atoms with Crippen LogP contribution >= 0.6 is 0 Å². The number of nitrogens with one attached hydrogen (secondary N) is 2. The fourth-order valence-corrected chi connectivity index (χ4v) is 7.07. The molecule has 3 aromatic carbocycles. The highest BCUT2D eigenvalue weighted by Crippen LogP contribution is 2.30. The molecule has 304 valence electrons. The molecule has 59 heavy (non-hydrogen) atoms. The van der Waals surface area contributed by atoms with E-state index >= 15 is 4.39 Å². The molecule has 1 saturated heterocycles. The zero-order valence-electron chi connectivity index (χ0n) is 32.9. The Kier molecular flexibility index (Phi) is 11.7. The van der Waals surface area contributed by atoms with Crippen LogP contribution < -0.4 is 26.5 Å². The summed E-state index contributed by atoms with van der Waals surface area (Å²) in [6.45, 7) is 10.7. The van der Waals surface area contributed by atoms with Crippen molar-refractivity contribution in [1.29, 1.82) is 0 Å². The molecule has 0 aliphatic carbocycles. The molecule has 0 amide bonds. The number of hydrazine groups is 1. The molecular weight excluding hydrogens is 759 g/mol. The van der Waals surface area contributed by atoms with Crippen molar-refractivity contribution in [3.05, 3.63) is 153 Å². The highest BCUT2D eigenvalue weighted by Gasteiger charge is 2.25. The van der Waals surface area contributed by atoms with E-state index < -0.39 is 22.7 Å². The second-order valence-corrected chi connectivity index (χ2v) is 14.8. The van der Waals surface area contributed by atoms with Gasteiger partial charge in [0, 0.05) is 69.5 Å². The summed E-state index contributed by atoms with van der Waals surface area (Å²) in [6, 6.07) is 21.9. The lowest BCUT2D eigenvalue weighted by molar-refractivity contribution is 0.0738. The summed E-state index contributed by atoms with van der Waals surface area (Å²) in [5.74, 6) is -0.104. The van der Waals surface area contributed by atoms with Crippen molar-refractivity contribution in [3.8, 4) is 0 Å². The molecular formula is C43H44F2N10O4. The van der Waals surface area contributed by atoms with Gasteiger partial charge in [-0.15, -0.1) is 6.58 Å². The number of aldehydes is 1. The first kappa shape index (κ1) is 40.6. The van der Waals surface area contributed by atoms with Crippen molar-refractivity contribution >= 4 is 46.1 Å². The third-order valence-electron chi connectivity index (χ3n) is 10.1. The number of fused-ring (bicyclic) bond motifs is 1. The van der Waals surface area contributed by atoms with E-state index in [1.807, 2.05) is 31.3 Å². The van der Waals surface area contributed by atoms with Gasteiger partial charge in [0.25, 0.3) is 5.56 Å². The van der Waals surface area contributed by atoms with Crippen molar-refractivity contribution in [1.82, 2.24) is 34.4 Å². The third-order valence-corrected chi connectivity index (χ3v) is 10.1. The number of hydrogen-bond donors (Lipinski definition) is 3. The van der Waals surface area contributed by atoms with Crippen LogP contribution in [0.3, 0.4) is 0 Å². The van der Waals surface area contributed by atoms with Crippen molar-refractivity contribution < 1.29 is 18.7 Å². The number of nitrogens with zero attached hydrogens (tertiary/aromatic N) is 8. The van der Waals surface area contributed by atoms with Gasteiger partial charge in [-0.3, -0.25) is 24.0 Å². The predicted octanol–water partition coefficient (Wildman–Crippen LogP) is 5.48. The average molecular weight is 803 g/mol. The molecule has 3 aromatic heterocycles. The van der Waals surface area contributed by atoms with E-state index in [2.05, 4.69) is 36.6 Å². The topological polar surface area (TPSA) is 156 Å². The van der Waals surface area contributed by atoms with E-state index in [0.29, 0.717) is 68.2 Å². The van der Waals surface area contributed by atoms with Gasteiger partial charge in [-0.1, -0.05) is 24.3 Å². The van der Waals surface area contributed by atoms with Crippen LogP contribution in [0.5, 0.6) is 0 Å². The third kappa shape index (κ3) is 8.94. The number of rotatable bonds is 14. The van der Waals surface area contributed by atoms with Gasteiger partial charge in [-0.25, -0.2) is 33.6 Å². The number of carbonyl (C=O) groups is 1. The number of anilines is 5. The Balaban J connectivity index is 1.01. The highest BCUT2D eigenvalue weighted by atomic mass is 19.1. The number of halogens is 2. The SMILES string of the molecule is C=CCN(C)N(c1cccc(C(C)(C)O)n1)c1nc(Nc2ccc(N3CCN(Cc4cc(Cn5c(=O)[nH]c(=O)c6c(F)cccc65)ccc4F)CC3)cc2)ncc1C=O. The lowest BCUT2D eigenvalue weighted by atomic mass is 10.1. The summed E-state index contributed by atoms with van der Waals surface area (Å²) in [5, 5.41) is 17.2. The lowest BCUT2D eigenvalue weighted by Crippen LogP contribution is -2.46. The summed E-state index contributed by atoms with van der Waals surface area (Å²) in [6.07, 6.45) is 3.84. The first-order valence-electron chi connectivity index (χ1n) is 19.0. The Morgan fingerprint density at radius 1 is 0.949 bits per heavy atom. The summed E-state index contributed by atoms with van der Waals surface area (Å²) < 4.78 is 30.8. The Morgan fingerprint density at radius 2 is 1.69 bits per heavy atom. The molecule has 14 nitrogen and oxygen atoms in total. The van der Waals surface area contributed by atoms with Crippen molar-refractivity contribution in [3.63, 3.8) is 0 Å². The quantitative estimate of drug-likeness (QED) is 0.0726. The number of aromatic nitrogens is 5. The molecule has 6 aromatic rings. The number of carbonyl (C=O) groups excluding carboxylic acids is 1. The van der Waals surface area contributed by atoms with Crippen LogP contribution in [-0.4, -0.2) is 85.6 Å². The van der Waals surface area contributed by atoms with Gasteiger partial charge < -0.3 is 15.3 Å². The van der Waals surface area contributed by atoms with Crippen LogP contribution in [-0.2, 0) is 18.7 Å². The maximum absolute atomic E-state index is 15.1. The van der Waals surface area contributed by atoms with Crippen molar-refractivity contribution in [2.45, 2.75) is 32.5 Å². The van der Waals surface area contributed by atoms with Crippen LogP contribution in [0, 0.1) is 11.6 Å². The minimum absolute atomic E-state index is 0.0281. The van der Waals surface area contributed by atoms with Gasteiger partial charge in [0.15, 0.2) is 12.1 Å². The minimum Gasteiger partial charge on any atom is -0.384 e. The molecule has 0 unspecified atom stereocenters. The number of pyridine rings is 1. The Morgan fingerprint density at radius 3 is 2.41 bits per heavy atom. The molecule has 0 saturated carbocycles. The molecule has 4 heterocycles. The molecule has 0 atom stereocenters. The smallest absolute Gasteiger partial charge is 0.329 e. The molecule has 1 aliphatic rings. The zero-order chi connectivity index (χ0) is 41.8. The van der Waals surface area contributed by atoms with Gasteiger partial charge in [0.1, 0.15) is 23.1 Å². The van der Waals surface area contributed by atoms with E-state index in [4.69, 9.17) is 4.98 Å². The van der Waals surface area contributed by atoms with Gasteiger partial charge >= 0.3 is 5.69 Å². The number of piperazine rings is 1. The second kappa shape index (κ2) is 17.1. The van der Waals surface area contributed by atoms with E-state index in [9.17, 15) is 23.9 Å². The van der Waals surface area contributed by atoms with Crippen LogP contribution in [0.4, 0.5) is 37.7 Å². The predicted molar refractivity (Wildman–Crippen MR) is 223 cm³/mol. The van der Waals surface area contributed by atoms with Crippen molar-refractivity contribution in [2.24, 2.45) is 0 Å². The number of aliphatic hydroxyl groups is 1. The van der Waals surface area contributed by atoms with Crippen LogP contribution in [0.25, 0.3) is 10.9 Å². The highest BCUT2D eigenvalue weighted by molar-refractivity contribution is 5.84. The minimum atomic E-state index is -1.20. The molecule has 0 radical (unpaired) electrons. The normalized spacial score (nSPS) is 13.5. The van der Waals surface area contributed by atoms with Crippen LogP contribution in [0.15, 0.2) is 107 Å². The standard InChI is InChI=1S/C43H44F2N10O4/c1-5-18-51(4)55(37-11-7-10-36(48-37)43(2,3)59)39-30(27-56)24-46-41(49-39)47-31-13-15-32(16-14-31)53-21-19-52(20-22-53)26-29-23-28(12-17-33(29)44)25-54-35-9-6-8-34(45)38(35)40(57)50-42(54)58/h5-17,23-24,27,59H,1,18-22,25-26H2,2-4H3,(H,46,47,49)(H,50,57,58). The molecule has 1 fully saturated rings. The van der Waals surface area contributed by atoms with Gasteiger partial charge in [-0.2, -0.15) is 4.98 Å². The van der Waals surface area contributed by atoms with Crippen molar-refractivity contribution in [2.75, 3.05) is 55.0 Å². The fourth-order valence-electron chi connectivity index (χ4n) is 7.07. The Hall–Kier alpha value is -6.62. The van der Waals surface area contributed by atoms with Crippen LogP contribution in [0.2, 0.25) is 0 Å². The number of benzene rings is 3. The molecule has 0 bridgehead atoms. The van der Waals surface area contributed by atoms with E-state index in [1.165, 1.54) is 29.0 Å². The first-order valence-corrected chi connectivity index (χ1v) is 19.0. The van der Waals surface area contributed by atoms with Gasteiger partial charge in [0.05, 0.1) is 28.7 Å². The summed E-state index contributed by atoms with van der Waals surface area (Å²) in [5.41, 5.74) is 1.03. The lowest BCUT2D eigenvalue weighted by Gasteiger charge is -2.36. The average Bonchev–Trinajstić information content (AvgIpc) is 3.21. The fraction of sp³-hybridized carbons (Fsp3) is 0.256. The number of hydrogen-bond acceptors (Lipinski definition) is 12. The number of likely N-dealkylation sites (N-methyl/N-ethyl adjacent to an activating group) is 1. The second-order valence-electron chi connectivity index (χ2n) is 14.8. The number of aromatic amines is 1. The molecule has 3 N–H and O–H groups in total. The Bertz CT molecular complexity index is 2620. The van der Waals surface area contributed by atoms with E-state index in [0.717, 1.165) is 17.4 Å². The zero-order valence-corrected chi connectivity index (χ0v) is 32.9. The Labute approximate surface area is 338 Å². The van der Waals surface area contributed by atoms with E-state index in [-0.39, 0.29) is 40.6 Å². The summed E-state index contributed by atoms with van der Waals surface area (Å²) in [7, 11) is 1.81. The monoisotopic (exact) mass is 802 g/mol. The molecule has 0 spiro atoms. The van der Waals surface area contributed by atoms with Gasteiger partial charge in [-0.05, 0) is 80.1 Å². The first-order chi connectivity index (χ1) is 28.3.